The van der Waals surface area contributed by atoms with Crippen LogP contribution in [0.25, 0.3) is 0 Å². The number of halogens is 1. The van der Waals surface area contributed by atoms with Crippen LogP contribution in [0.4, 0.5) is 15.8 Å². The average molecular weight is 493 g/mol. The molecular weight excluding hydrogens is 467 g/mol. The lowest BCUT2D eigenvalue weighted by Gasteiger charge is -2.21. The third-order valence-corrected chi connectivity index (χ3v) is 5.83. The number of nitrogens with one attached hydrogen (secondary N) is 2. The van der Waals surface area contributed by atoms with Crippen LogP contribution in [0.15, 0.2) is 71.8 Å². The Morgan fingerprint density at radius 3 is 2.40 bits per heavy atom. The van der Waals surface area contributed by atoms with Crippen LogP contribution in [0, 0.1) is 5.82 Å². The summed E-state index contributed by atoms with van der Waals surface area (Å²) in [7, 11) is 3.16. The van der Waals surface area contributed by atoms with E-state index < -0.39 is 0 Å². The van der Waals surface area contributed by atoms with E-state index in [1.54, 1.807) is 32.4 Å². The van der Waals surface area contributed by atoms with Crippen molar-refractivity contribution in [3.05, 3.63) is 83.7 Å². The number of rotatable bonds is 6. The molecule has 4 rings (SSSR count). The maximum absolute atomic E-state index is 13.8. The zero-order valence-electron chi connectivity index (χ0n) is 19.5. The van der Waals surface area contributed by atoms with Crippen molar-refractivity contribution in [1.29, 1.82) is 0 Å². The largest absolute Gasteiger partial charge is 0.493 e. The number of anilines is 2. The predicted octanol–water partition coefficient (Wildman–Crippen LogP) is 5.35. The zero-order chi connectivity index (χ0) is 24.9. The smallest absolute Gasteiger partial charge is 0.240 e. The van der Waals surface area contributed by atoms with Gasteiger partial charge in [-0.25, -0.2) is 9.40 Å². The van der Waals surface area contributed by atoms with Crippen LogP contribution in [-0.4, -0.2) is 36.0 Å². The first kappa shape index (κ1) is 24.2. The lowest BCUT2D eigenvalue weighted by Crippen LogP contribution is -2.24. The molecule has 0 saturated heterocycles. The minimum absolute atomic E-state index is 0.150. The number of hydrogen-bond donors (Lipinski definition) is 2. The molecule has 9 heteroatoms. The Bertz CT molecular complexity index is 1280. The average Bonchev–Trinajstić information content (AvgIpc) is 3.31. The van der Waals surface area contributed by atoms with Gasteiger partial charge < -0.3 is 20.1 Å². The molecule has 0 saturated carbocycles. The van der Waals surface area contributed by atoms with Crippen molar-refractivity contribution in [3.8, 4) is 11.5 Å². The van der Waals surface area contributed by atoms with Gasteiger partial charge in [-0.3, -0.25) is 4.79 Å². The maximum Gasteiger partial charge on any atom is 0.240 e. The van der Waals surface area contributed by atoms with Crippen LogP contribution in [0.3, 0.4) is 0 Å². The highest BCUT2D eigenvalue weighted by atomic mass is 32.1. The van der Waals surface area contributed by atoms with Gasteiger partial charge in [0.2, 0.25) is 5.91 Å². The minimum atomic E-state index is -0.386. The molecule has 1 unspecified atom stereocenters. The summed E-state index contributed by atoms with van der Waals surface area (Å²) in [5.74, 6) is 0.687. The fourth-order valence-corrected chi connectivity index (χ4v) is 4.11. The Kier molecular flexibility index (Phi) is 7.26. The van der Waals surface area contributed by atoms with Gasteiger partial charge in [-0.1, -0.05) is 24.3 Å². The molecule has 180 valence electrons. The van der Waals surface area contributed by atoms with E-state index in [0.717, 1.165) is 22.5 Å². The molecule has 0 bridgehead atoms. The second kappa shape index (κ2) is 10.5. The van der Waals surface area contributed by atoms with E-state index in [1.807, 2.05) is 42.5 Å². The van der Waals surface area contributed by atoms with Crippen molar-refractivity contribution in [2.24, 2.45) is 5.10 Å². The topological polar surface area (TPSA) is 75.2 Å². The first-order chi connectivity index (χ1) is 16.9. The maximum atomic E-state index is 13.8. The van der Waals surface area contributed by atoms with E-state index >= 15 is 0 Å². The number of carbonyl (C=O) groups excluding carboxylic acids is 1. The normalized spacial score (nSPS) is 14.8. The second-order valence-electron chi connectivity index (χ2n) is 7.88. The lowest BCUT2D eigenvalue weighted by atomic mass is 9.98. The van der Waals surface area contributed by atoms with Crippen molar-refractivity contribution in [1.82, 2.24) is 5.01 Å². The molecule has 3 aromatic rings. The van der Waals surface area contributed by atoms with Gasteiger partial charge in [-0.05, 0) is 60.2 Å². The van der Waals surface area contributed by atoms with Gasteiger partial charge in [0.15, 0.2) is 16.6 Å². The Morgan fingerprint density at radius 2 is 1.74 bits per heavy atom. The van der Waals surface area contributed by atoms with Gasteiger partial charge in [-0.15, -0.1) is 0 Å². The molecule has 0 aliphatic carbocycles. The number of amides is 1. The van der Waals surface area contributed by atoms with E-state index in [1.165, 1.54) is 18.0 Å². The van der Waals surface area contributed by atoms with Gasteiger partial charge >= 0.3 is 0 Å². The number of nitrogens with zero attached hydrogens (tertiary/aromatic N) is 2. The molecule has 1 heterocycles. The van der Waals surface area contributed by atoms with E-state index in [2.05, 4.69) is 15.7 Å². The first-order valence-electron chi connectivity index (χ1n) is 10.9. The predicted molar refractivity (Wildman–Crippen MR) is 139 cm³/mol. The standard InChI is InChI=1S/C26H25FN4O3S/c1-16(32)31-23(15-22(30-31)18-10-13-24(33-2)25(14-18)34-3)17-8-11-19(12-9-17)28-26(35)29-21-7-5-4-6-20(21)27/h4-14,23H,15H2,1-3H3,(H2,28,29,35). The molecule has 1 aliphatic rings. The lowest BCUT2D eigenvalue weighted by molar-refractivity contribution is -0.130. The molecule has 2 N–H and O–H groups in total. The van der Waals surface area contributed by atoms with Crippen LogP contribution in [0.5, 0.6) is 11.5 Å². The Morgan fingerprint density at radius 1 is 1.03 bits per heavy atom. The van der Waals surface area contributed by atoms with Crippen molar-refractivity contribution in [3.63, 3.8) is 0 Å². The monoisotopic (exact) mass is 492 g/mol. The summed E-state index contributed by atoms with van der Waals surface area (Å²) in [5, 5.41) is 12.3. The fourth-order valence-electron chi connectivity index (χ4n) is 3.89. The van der Waals surface area contributed by atoms with Crippen LogP contribution < -0.4 is 20.1 Å². The summed E-state index contributed by atoms with van der Waals surface area (Å²) in [4.78, 5) is 12.3. The molecular formula is C26H25FN4O3S. The van der Waals surface area contributed by atoms with Crippen molar-refractivity contribution >= 4 is 40.3 Å². The van der Waals surface area contributed by atoms with Crippen molar-refractivity contribution in [2.45, 2.75) is 19.4 Å². The molecule has 0 spiro atoms. The molecule has 0 fully saturated rings. The summed E-state index contributed by atoms with van der Waals surface area (Å²) in [6, 6.07) is 19.2. The minimum Gasteiger partial charge on any atom is -0.493 e. The zero-order valence-corrected chi connectivity index (χ0v) is 20.4. The molecule has 3 aromatic carbocycles. The summed E-state index contributed by atoms with van der Waals surface area (Å²) in [5.41, 5.74) is 3.60. The number of methoxy groups -OCH3 is 2. The van der Waals surface area contributed by atoms with Gasteiger partial charge in [0.1, 0.15) is 5.82 Å². The number of benzene rings is 3. The third-order valence-electron chi connectivity index (χ3n) is 5.63. The molecule has 35 heavy (non-hydrogen) atoms. The highest BCUT2D eigenvalue weighted by Gasteiger charge is 2.31. The van der Waals surface area contributed by atoms with Gasteiger partial charge in [-0.2, -0.15) is 5.10 Å². The van der Waals surface area contributed by atoms with Crippen molar-refractivity contribution < 1.29 is 18.7 Å². The SMILES string of the molecule is COc1ccc(C2=NN(C(C)=O)C(c3ccc(NC(=S)Nc4ccccc4F)cc3)C2)cc1OC. The quantitative estimate of drug-likeness (QED) is 0.452. The first-order valence-corrected chi connectivity index (χ1v) is 11.3. The molecule has 0 radical (unpaired) electrons. The summed E-state index contributed by atoms with van der Waals surface area (Å²) >= 11 is 5.30. The molecule has 1 atom stereocenters. The Balaban J connectivity index is 1.48. The second-order valence-corrected chi connectivity index (χ2v) is 8.29. The molecule has 1 amide bonds. The van der Waals surface area contributed by atoms with Gasteiger partial charge in [0, 0.05) is 24.6 Å². The summed E-state index contributed by atoms with van der Waals surface area (Å²) in [6.07, 6.45) is 0.551. The Labute approximate surface area is 208 Å². The summed E-state index contributed by atoms with van der Waals surface area (Å²) < 4.78 is 24.6. The molecule has 7 nitrogen and oxygen atoms in total. The van der Waals surface area contributed by atoms with Gasteiger partial charge in [0.05, 0.1) is 31.7 Å². The van der Waals surface area contributed by atoms with Crippen LogP contribution in [0.1, 0.15) is 30.5 Å². The molecule has 1 aliphatic heterocycles. The number of carbonyl (C=O) groups is 1. The number of para-hydroxylation sites is 1. The van der Waals surface area contributed by atoms with Crippen LogP contribution in [-0.2, 0) is 4.79 Å². The number of thiocarbonyl (C=S) groups is 1. The van der Waals surface area contributed by atoms with E-state index in [4.69, 9.17) is 21.7 Å². The van der Waals surface area contributed by atoms with Gasteiger partial charge in [0.25, 0.3) is 0 Å². The number of ether oxygens (including phenoxy) is 2. The highest BCUT2D eigenvalue weighted by Crippen LogP contribution is 2.35. The third kappa shape index (κ3) is 5.41. The van der Waals surface area contributed by atoms with E-state index in [9.17, 15) is 9.18 Å². The fraction of sp³-hybridized carbons (Fsp3) is 0.192. The van der Waals surface area contributed by atoms with E-state index in [0.29, 0.717) is 23.6 Å². The van der Waals surface area contributed by atoms with Crippen molar-refractivity contribution in [2.75, 3.05) is 24.9 Å². The highest BCUT2D eigenvalue weighted by molar-refractivity contribution is 7.80. The number of hydrazone groups is 1. The Hall–Kier alpha value is -3.98. The number of hydrogen-bond acceptors (Lipinski definition) is 5. The van der Waals surface area contributed by atoms with Crippen LogP contribution >= 0.6 is 12.2 Å². The summed E-state index contributed by atoms with van der Waals surface area (Å²) in [6.45, 7) is 1.50. The van der Waals surface area contributed by atoms with Crippen LogP contribution in [0.2, 0.25) is 0 Å². The molecule has 0 aromatic heterocycles. The van der Waals surface area contributed by atoms with E-state index in [-0.39, 0.29) is 22.9 Å².